The van der Waals surface area contributed by atoms with Crippen LogP contribution in [0.15, 0.2) is 60.7 Å². The summed E-state index contributed by atoms with van der Waals surface area (Å²) in [5.41, 5.74) is -0.262. The Hall–Kier alpha value is -1.65. The summed E-state index contributed by atoms with van der Waals surface area (Å²) in [7, 11) is -3.40. The minimum Gasteiger partial charge on any atom is -0.379 e. The van der Waals surface area contributed by atoms with Gasteiger partial charge in [-0.15, -0.1) is 0 Å². The van der Waals surface area contributed by atoms with Crippen LogP contribution in [0.3, 0.4) is 0 Å². The predicted molar refractivity (Wildman–Crippen MR) is 82.7 cm³/mol. The molecule has 1 N–H and O–H groups in total. The standard InChI is InChI=1S/C17H18O3S/c1-21(19,20)16(12-13-16)17(18,14-8-4-2-5-9-14)15-10-6-3-7-11-15/h2-11,18H,12-13H2,1H3. The molecule has 1 fully saturated rings. The van der Waals surface area contributed by atoms with Gasteiger partial charge in [-0.2, -0.15) is 0 Å². The lowest BCUT2D eigenvalue weighted by Gasteiger charge is -2.36. The molecule has 3 nitrogen and oxygen atoms in total. The van der Waals surface area contributed by atoms with Gasteiger partial charge < -0.3 is 5.11 Å². The summed E-state index contributed by atoms with van der Waals surface area (Å²) >= 11 is 0. The van der Waals surface area contributed by atoms with Gasteiger partial charge in [0.05, 0.1) is 0 Å². The summed E-state index contributed by atoms with van der Waals surface area (Å²) in [6, 6.07) is 18.2. The molecule has 1 aliphatic carbocycles. The summed E-state index contributed by atoms with van der Waals surface area (Å²) in [5.74, 6) is 0. The molecule has 2 aromatic rings. The van der Waals surface area contributed by atoms with Crippen molar-refractivity contribution in [2.24, 2.45) is 0 Å². The molecule has 2 aromatic carbocycles. The maximum absolute atomic E-state index is 12.3. The third-order valence-electron chi connectivity index (χ3n) is 4.46. The second kappa shape index (κ2) is 4.68. The van der Waals surface area contributed by atoms with Gasteiger partial charge >= 0.3 is 0 Å². The number of hydrogen-bond donors (Lipinski definition) is 1. The second-order valence-corrected chi connectivity index (χ2v) is 8.03. The van der Waals surface area contributed by atoms with Crippen molar-refractivity contribution in [1.82, 2.24) is 0 Å². The fraction of sp³-hybridized carbons (Fsp3) is 0.294. The highest BCUT2D eigenvalue weighted by Gasteiger charge is 2.67. The fourth-order valence-electron chi connectivity index (χ4n) is 3.17. The summed E-state index contributed by atoms with van der Waals surface area (Å²) in [6.45, 7) is 0. The van der Waals surface area contributed by atoms with Crippen LogP contribution < -0.4 is 0 Å². The van der Waals surface area contributed by atoms with Crippen LogP contribution in [0.25, 0.3) is 0 Å². The topological polar surface area (TPSA) is 54.4 Å². The summed E-state index contributed by atoms with van der Waals surface area (Å²) in [5, 5.41) is 11.5. The molecular formula is C17H18O3S. The minimum absolute atomic E-state index is 0.478. The van der Waals surface area contributed by atoms with Gasteiger partial charge in [0.15, 0.2) is 9.84 Å². The van der Waals surface area contributed by atoms with Gasteiger partial charge in [0.25, 0.3) is 0 Å². The van der Waals surface area contributed by atoms with Crippen LogP contribution in [0.1, 0.15) is 24.0 Å². The Morgan fingerprint density at radius 1 is 0.905 bits per heavy atom. The van der Waals surface area contributed by atoms with E-state index in [1.54, 1.807) is 24.3 Å². The maximum atomic E-state index is 12.3. The first-order chi connectivity index (χ1) is 9.92. The number of hydrogen-bond acceptors (Lipinski definition) is 3. The molecule has 4 heteroatoms. The number of rotatable bonds is 4. The fourth-order valence-corrected chi connectivity index (χ4v) is 4.78. The third-order valence-corrected chi connectivity index (χ3v) is 6.58. The predicted octanol–water partition coefficient (Wildman–Crippen LogP) is 2.50. The zero-order valence-corrected chi connectivity index (χ0v) is 12.7. The average Bonchev–Trinajstić information content (AvgIpc) is 3.30. The van der Waals surface area contributed by atoms with Crippen LogP contribution in [0.2, 0.25) is 0 Å². The number of benzene rings is 2. The Labute approximate surface area is 125 Å². The maximum Gasteiger partial charge on any atom is 0.156 e. The summed E-state index contributed by atoms with van der Waals surface area (Å²) in [4.78, 5) is 0. The lowest BCUT2D eigenvalue weighted by atomic mass is 9.81. The SMILES string of the molecule is CS(=O)(=O)C1(C(O)(c2ccccc2)c2ccccc2)CC1. The van der Waals surface area contributed by atoms with Gasteiger partial charge in [-0.05, 0) is 24.0 Å². The zero-order chi connectivity index (χ0) is 15.1. The van der Waals surface area contributed by atoms with E-state index in [0.29, 0.717) is 24.0 Å². The van der Waals surface area contributed by atoms with E-state index in [4.69, 9.17) is 0 Å². The molecule has 0 bridgehead atoms. The van der Waals surface area contributed by atoms with Gasteiger partial charge in [-0.25, -0.2) is 8.42 Å². The van der Waals surface area contributed by atoms with Gasteiger partial charge in [-0.3, -0.25) is 0 Å². The van der Waals surface area contributed by atoms with Crippen LogP contribution in [0, 0.1) is 0 Å². The lowest BCUT2D eigenvalue weighted by molar-refractivity contribution is 0.0668. The monoisotopic (exact) mass is 302 g/mol. The van der Waals surface area contributed by atoms with Crippen LogP contribution in [-0.4, -0.2) is 24.5 Å². The molecule has 0 heterocycles. The smallest absolute Gasteiger partial charge is 0.156 e. The molecule has 1 aliphatic rings. The molecule has 0 saturated heterocycles. The molecule has 0 unspecified atom stereocenters. The first kappa shape index (κ1) is 14.3. The quantitative estimate of drug-likeness (QED) is 0.944. The van der Waals surface area contributed by atoms with Gasteiger partial charge in [-0.1, -0.05) is 60.7 Å². The molecule has 0 spiro atoms. The highest BCUT2D eigenvalue weighted by molar-refractivity contribution is 7.92. The molecule has 3 rings (SSSR count). The Bertz CT molecular complexity index is 693. The van der Waals surface area contributed by atoms with Crippen molar-refractivity contribution < 1.29 is 13.5 Å². The van der Waals surface area contributed by atoms with E-state index in [2.05, 4.69) is 0 Å². The largest absolute Gasteiger partial charge is 0.379 e. The van der Waals surface area contributed by atoms with Crippen molar-refractivity contribution in [3.05, 3.63) is 71.8 Å². The van der Waals surface area contributed by atoms with Crippen LogP contribution in [0.4, 0.5) is 0 Å². The Morgan fingerprint density at radius 2 is 1.29 bits per heavy atom. The molecule has 0 aliphatic heterocycles. The number of aliphatic hydroxyl groups is 1. The minimum atomic E-state index is -3.40. The number of sulfone groups is 1. The normalized spacial score (nSPS) is 17.4. The molecular weight excluding hydrogens is 284 g/mol. The molecule has 0 atom stereocenters. The molecule has 21 heavy (non-hydrogen) atoms. The zero-order valence-electron chi connectivity index (χ0n) is 11.9. The van der Waals surface area contributed by atoms with E-state index in [0.717, 1.165) is 0 Å². The lowest BCUT2D eigenvalue weighted by Crippen LogP contribution is -2.47. The highest BCUT2D eigenvalue weighted by Crippen LogP contribution is 2.58. The molecule has 0 amide bonds. The Morgan fingerprint density at radius 3 is 1.57 bits per heavy atom. The van der Waals surface area contributed by atoms with E-state index in [1.165, 1.54) is 6.26 Å². The van der Waals surface area contributed by atoms with Crippen LogP contribution in [-0.2, 0) is 15.4 Å². The van der Waals surface area contributed by atoms with E-state index in [9.17, 15) is 13.5 Å². The van der Waals surface area contributed by atoms with Crippen molar-refractivity contribution in [1.29, 1.82) is 0 Å². The second-order valence-electron chi connectivity index (χ2n) is 5.71. The van der Waals surface area contributed by atoms with Crippen LogP contribution in [0.5, 0.6) is 0 Å². The Kier molecular flexibility index (Phi) is 3.19. The van der Waals surface area contributed by atoms with Gasteiger partial charge in [0, 0.05) is 6.26 Å². The molecule has 110 valence electrons. The van der Waals surface area contributed by atoms with Crippen molar-refractivity contribution in [2.75, 3.05) is 6.26 Å². The van der Waals surface area contributed by atoms with E-state index < -0.39 is 20.2 Å². The van der Waals surface area contributed by atoms with Crippen molar-refractivity contribution in [3.8, 4) is 0 Å². The van der Waals surface area contributed by atoms with Crippen molar-refractivity contribution >= 4 is 9.84 Å². The molecule has 0 aromatic heterocycles. The van der Waals surface area contributed by atoms with E-state index in [1.807, 2.05) is 36.4 Å². The van der Waals surface area contributed by atoms with E-state index in [-0.39, 0.29) is 0 Å². The van der Waals surface area contributed by atoms with Crippen molar-refractivity contribution in [2.45, 2.75) is 23.2 Å². The average molecular weight is 302 g/mol. The van der Waals surface area contributed by atoms with Gasteiger partial charge in [0.2, 0.25) is 0 Å². The third kappa shape index (κ3) is 2.01. The Balaban J connectivity index is 2.28. The first-order valence-electron chi connectivity index (χ1n) is 6.95. The summed E-state index contributed by atoms with van der Waals surface area (Å²) in [6.07, 6.45) is 2.18. The highest BCUT2D eigenvalue weighted by atomic mass is 32.2. The molecule has 0 radical (unpaired) electrons. The van der Waals surface area contributed by atoms with Gasteiger partial charge in [0.1, 0.15) is 10.3 Å². The summed E-state index contributed by atoms with van der Waals surface area (Å²) < 4.78 is 23.6. The van der Waals surface area contributed by atoms with Crippen LogP contribution >= 0.6 is 0 Å². The first-order valence-corrected chi connectivity index (χ1v) is 8.84. The van der Waals surface area contributed by atoms with E-state index >= 15 is 0 Å². The molecule has 1 saturated carbocycles. The van der Waals surface area contributed by atoms with Crippen molar-refractivity contribution in [3.63, 3.8) is 0 Å².